The Hall–Kier alpha value is -3.03. The number of rotatable bonds is 5. The molecule has 27 heavy (non-hydrogen) atoms. The second-order valence-corrected chi connectivity index (χ2v) is 7.27. The predicted octanol–water partition coefficient (Wildman–Crippen LogP) is 3.81. The first-order valence-corrected chi connectivity index (χ1v) is 8.76. The average Bonchev–Trinajstić information content (AvgIpc) is 3.14. The van der Waals surface area contributed by atoms with Crippen LogP contribution >= 0.6 is 0 Å². The van der Waals surface area contributed by atoms with Crippen molar-refractivity contribution >= 4 is 11.5 Å². The third-order valence-corrected chi connectivity index (χ3v) is 4.85. The van der Waals surface area contributed by atoms with E-state index in [9.17, 15) is 9.30 Å². The molecule has 1 unspecified atom stereocenters. The van der Waals surface area contributed by atoms with Gasteiger partial charge in [0.05, 0.1) is 12.2 Å². The summed E-state index contributed by atoms with van der Waals surface area (Å²) >= 11 is 0. The van der Waals surface area contributed by atoms with Crippen LogP contribution < -0.4 is 10.1 Å². The number of benzene rings is 1. The van der Waals surface area contributed by atoms with E-state index in [1.807, 2.05) is 33.0 Å². The van der Waals surface area contributed by atoms with Gasteiger partial charge in [0.15, 0.2) is 5.65 Å². The first-order valence-electron chi connectivity index (χ1n) is 8.76. The number of nitrogens with one attached hydrogen (secondary N) is 1. The zero-order valence-corrected chi connectivity index (χ0v) is 15.4. The fraction of sp³-hybridized carbons (Fsp3) is 0.368. The summed E-state index contributed by atoms with van der Waals surface area (Å²) in [6.45, 7) is 5.69. The van der Waals surface area contributed by atoms with Gasteiger partial charge in [0.25, 0.3) is 0 Å². The lowest BCUT2D eigenvalue weighted by Gasteiger charge is -2.22. The largest absolute Gasteiger partial charge is 0.484 e. The molecule has 1 aliphatic rings. The van der Waals surface area contributed by atoms with Crippen LogP contribution in [-0.2, 0) is 6.42 Å². The Balaban J connectivity index is 1.65. The van der Waals surface area contributed by atoms with E-state index in [0.717, 1.165) is 16.8 Å². The number of anilines is 1. The molecule has 0 radical (unpaired) electrons. The van der Waals surface area contributed by atoms with E-state index in [4.69, 9.17) is 4.74 Å². The molecular weight excluding hydrogens is 349 g/mol. The monoisotopic (exact) mass is 369 g/mol. The molecular formula is C19H20FN5O2. The van der Waals surface area contributed by atoms with Gasteiger partial charge < -0.3 is 10.1 Å². The van der Waals surface area contributed by atoms with Crippen molar-refractivity contribution in [2.75, 3.05) is 11.9 Å². The molecule has 1 aliphatic heterocycles. The lowest BCUT2D eigenvalue weighted by molar-refractivity contribution is 0.124. The second-order valence-electron chi connectivity index (χ2n) is 7.27. The molecule has 0 spiro atoms. The molecule has 4 rings (SSSR count). The molecule has 8 heteroatoms. The molecule has 0 aliphatic carbocycles. The maximum absolute atomic E-state index is 14.2. The minimum atomic E-state index is -0.738. The molecule has 140 valence electrons. The first kappa shape index (κ1) is 17.4. The fourth-order valence-electron chi connectivity index (χ4n) is 3.52. The smallest absolute Gasteiger partial charge is 0.160 e. The molecule has 2 atom stereocenters. The van der Waals surface area contributed by atoms with Crippen LogP contribution in [0.3, 0.4) is 0 Å². The molecule has 0 bridgehead atoms. The molecule has 3 heterocycles. The fourth-order valence-corrected chi connectivity index (χ4v) is 3.52. The number of ether oxygens (including phenoxy) is 1. The molecule has 0 saturated heterocycles. The normalized spacial score (nSPS) is 19.6. The van der Waals surface area contributed by atoms with Crippen molar-refractivity contribution in [1.82, 2.24) is 14.6 Å². The standard InChI is InChI=1S/C19H20FN5O2/c1-11-9-21-25-5-4-16(24-18(11)25)23-12(2)15-7-14(20)6-13-8-19(3,10-22-26)27-17(13)15/h4-7,9,12H,8,10H2,1-3H3,(H,23,24)/t12-,19?/m1/s1. The van der Waals surface area contributed by atoms with Gasteiger partial charge >= 0.3 is 0 Å². The van der Waals surface area contributed by atoms with Crippen molar-refractivity contribution < 1.29 is 9.13 Å². The van der Waals surface area contributed by atoms with E-state index in [-0.39, 0.29) is 18.4 Å². The number of aromatic nitrogens is 3. The summed E-state index contributed by atoms with van der Waals surface area (Å²) in [5.74, 6) is 0.940. The highest BCUT2D eigenvalue weighted by molar-refractivity contribution is 5.54. The Morgan fingerprint density at radius 2 is 2.30 bits per heavy atom. The topological polar surface area (TPSA) is 80.9 Å². The van der Waals surface area contributed by atoms with E-state index < -0.39 is 5.60 Å². The molecule has 2 aromatic heterocycles. The minimum absolute atomic E-state index is 0.0171. The Bertz CT molecular complexity index is 1030. The molecule has 0 saturated carbocycles. The Morgan fingerprint density at radius 3 is 3.07 bits per heavy atom. The molecule has 3 aromatic rings. The molecule has 1 N–H and O–H groups in total. The molecule has 0 amide bonds. The number of hydrogen-bond acceptors (Lipinski definition) is 6. The van der Waals surface area contributed by atoms with Crippen molar-refractivity contribution in [3.8, 4) is 5.75 Å². The number of aryl methyl sites for hydroxylation is 1. The summed E-state index contributed by atoms with van der Waals surface area (Å²) in [5.41, 5.74) is 2.43. The van der Waals surface area contributed by atoms with Gasteiger partial charge in [0.2, 0.25) is 0 Å². The summed E-state index contributed by atoms with van der Waals surface area (Å²) in [5, 5.41) is 10.5. The Kier molecular flexibility index (Phi) is 4.05. The van der Waals surface area contributed by atoms with Crippen LogP contribution in [-0.4, -0.2) is 26.7 Å². The summed E-state index contributed by atoms with van der Waals surface area (Å²) in [6, 6.07) is 4.48. The quantitative estimate of drug-likeness (QED) is 0.692. The van der Waals surface area contributed by atoms with Gasteiger partial charge in [0, 0.05) is 29.3 Å². The van der Waals surface area contributed by atoms with E-state index in [2.05, 4.69) is 20.6 Å². The van der Waals surface area contributed by atoms with Crippen LogP contribution in [0, 0.1) is 17.6 Å². The SMILES string of the molecule is Cc1cnn2ccc(N[C@H](C)c3cc(F)cc4c3OC(C)(CN=O)C4)nc12. The minimum Gasteiger partial charge on any atom is -0.484 e. The number of nitrogens with zero attached hydrogens (tertiary/aromatic N) is 4. The maximum atomic E-state index is 14.2. The van der Waals surface area contributed by atoms with E-state index >= 15 is 0 Å². The van der Waals surface area contributed by atoms with Crippen LogP contribution in [0.15, 0.2) is 35.8 Å². The summed E-state index contributed by atoms with van der Waals surface area (Å²) in [4.78, 5) is 15.3. The van der Waals surface area contributed by atoms with Crippen LogP contribution in [0.1, 0.15) is 36.6 Å². The third kappa shape index (κ3) is 3.11. The van der Waals surface area contributed by atoms with Crippen molar-refractivity contribution in [2.24, 2.45) is 5.18 Å². The number of nitroso groups, excluding NO2 is 1. The van der Waals surface area contributed by atoms with Crippen LogP contribution in [0.2, 0.25) is 0 Å². The molecule has 7 nitrogen and oxygen atoms in total. The Labute approximate surface area is 155 Å². The maximum Gasteiger partial charge on any atom is 0.160 e. The van der Waals surface area contributed by atoms with Crippen molar-refractivity contribution in [3.63, 3.8) is 0 Å². The molecule has 0 fully saturated rings. The predicted molar refractivity (Wildman–Crippen MR) is 99.6 cm³/mol. The van der Waals surface area contributed by atoms with Gasteiger partial charge in [-0.15, -0.1) is 0 Å². The van der Waals surface area contributed by atoms with Gasteiger partial charge in [-0.2, -0.15) is 10.0 Å². The van der Waals surface area contributed by atoms with E-state index in [1.165, 1.54) is 12.1 Å². The molecule has 1 aromatic carbocycles. The van der Waals surface area contributed by atoms with Crippen LogP contribution in [0.25, 0.3) is 5.65 Å². The zero-order chi connectivity index (χ0) is 19.2. The number of halogens is 1. The average molecular weight is 369 g/mol. The highest BCUT2D eigenvalue weighted by Gasteiger charge is 2.38. The van der Waals surface area contributed by atoms with Gasteiger partial charge in [-0.25, -0.2) is 13.9 Å². The second kappa shape index (κ2) is 6.29. The lowest BCUT2D eigenvalue weighted by Crippen LogP contribution is -2.33. The van der Waals surface area contributed by atoms with Gasteiger partial charge in [-0.3, -0.25) is 0 Å². The van der Waals surface area contributed by atoms with E-state index in [0.29, 0.717) is 23.6 Å². The summed E-state index contributed by atoms with van der Waals surface area (Å²) < 4.78 is 21.9. The van der Waals surface area contributed by atoms with Crippen molar-refractivity contribution in [1.29, 1.82) is 0 Å². The van der Waals surface area contributed by atoms with E-state index in [1.54, 1.807) is 10.7 Å². The number of fused-ring (bicyclic) bond motifs is 2. The van der Waals surface area contributed by atoms with Crippen molar-refractivity contribution in [2.45, 2.75) is 38.8 Å². The third-order valence-electron chi connectivity index (χ3n) is 4.85. The van der Waals surface area contributed by atoms with Crippen LogP contribution in [0.4, 0.5) is 10.2 Å². The number of hydrogen-bond donors (Lipinski definition) is 1. The van der Waals surface area contributed by atoms with Crippen molar-refractivity contribution in [3.05, 3.63) is 58.0 Å². The highest BCUT2D eigenvalue weighted by atomic mass is 19.1. The highest BCUT2D eigenvalue weighted by Crippen LogP contribution is 2.41. The van der Waals surface area contributed by atoms with Gasteiger partial charge in [-0.1, -0.05) is 5.18 Å². The lowest BCUT2D eigenvalue weighted by atomic mass is 9.97. The van der Waals surface area contributed by atoms with Crippen LogP contribution in [0.5, 0.6) is 5.75 Å². The van der Waals surface area contributed by atoms with Gasteiger partial charge in [0.1, 0.15) is 29.5 Å². The summed E-state index contributed by atoms with van der Waals surface area (Å²) in [7, 11) is 0. The first-order chi connectivity index (χ1) is 12.9. The zero-order valence-electron chi connectivity index (χ0n) is 15.4. The van der Waals surface area contributed by atoms with Gasteiger partial charge in [-0.05, 0) is 39.0 Å². The Morgan fingerprint density at radius 1 is 1.48 bits per heavy atom. The summed E-state index contributed by atoms with van der Waals surface area (Å²) in [6.07, 6.45) is 4.03.